The predicted molar refractivity (Wildman–Crippen MR) is 63.8 cm³/mol. The summed E-state index contributed by atoms with van der Waals surface area (Å²) in [5, 5.41) is 12.3. The average molecular weight is 257 g/mol. The summed E-state index contributed by atoms with van der Waals surface area (Å²) in [6, 6.07) is 3.15. The molecule has 0 radical (unpaired) electrons. The van der Waals surface area contributed by atoms with Crippen molar-refractivity contribution in [2.45, 2.75) is 26.9 Å². The van der Waals surface area contributed by atoms with Gasteiger partial charge in [-0.2, -0.15) is 0 Å². The van der Waals surface area contributed by atoms with Crippen LogP contribution in [0.1, 0.15) is 32.4 Å². The van der Waals surface area contributed by atoms with Crippen molar-refractivity contribution >= 4 is 5.91 Å². The summed E-state index contributed by atoms with van der Waals surface area (Å²) in [6.45, 7) is 5.19. The normalized spacial score (nSPS) is 13.2. The Balaban J connectivity index is 2.63. The molecular formula is C13H17F2NO2. The first-order valence-electron chi connectivity index (χ1n) is 5.63. The van der Waals surface area contributed by atoms with Crippen LogP contribution >= 0.6 is 0 Å². The number of amides is 1. The van der Waals surface area contributed by atoms with Crippen molar-refractivity contribution in [1.82, 2.24) is 5.32 Å². The number of halogens is 2. The maximum absolute atomic E-state index is 13.0. The highest BCUT2D eigenvalue weighted by Crippen LogP contribution is 2.17. The lowest BCUT2D eigenvalue weighted by atomic mass is 9.95. The third-order valence-corrected chi connectivity index (χ3v) is 2.47. The maximum atomic E-state index is 13.0. The molecule has 3 nitrogen and oxygen atoms in total. The molecule has 0 bridgehead atoms. The average Bonchev–Trinajstić information content (AvgIpc) is 2.27. The molecule has 2 N–H and O–H groups in total. The summed E-state index contributed by atoms with van der Waals surface area (Å²) in [6.07, 6.45) is -1.06. The van der Waals surface area contributed by atoms with E-state index in [0.717, 1.165) is 12.1 Å². The zero-order valence-electron chi connectivity index (χ0n) is 10.6. The molecule has 0 aliphatic rings. The van der Waals surface area contributed by atoms with E-state index < -0.39 is 23.2 Å². The summed E-state index contributed by atoms with van der Waals surface area (Å²) in [4.78, 5) is 11.6. The van der Waals surface area contributed by atoms with Crippen LogP contribution in [0, 0.1) is 17.0 Å². The molecule has 1 amide bonds. The van der Waals surface area contributed by atoms with Gasteiger partial charge in [0.1, 0.15) is 0 Å². The predicted octanol–water partition coefficient (Wildman–Crippen LogP) is 2.16. The third kappa shape index (κ3) is 3.77. The number of rotatable bonds is 3. The van der Waals surface area contributed by atoms with Gasteiger partial charge in [-0.15, -0.1) is 0 Å². The first-order chi connectivity index (χ1) is 8.21. The second kappa shape index (κ2) is 5.44. The summed E-state index contributed by atoms with van der Waals surface area (Å²) in [5.74, 6) is -2.21. The summed E-state index contributed by atoms with van der Waals surface area (Å²) >= 11 is 0. The largest absolute Gasteiger partial charge is 0.387 e. The number of carbonyl (C=O) groups is 1. The van der Waals surface area contributed by atoms with Crippen molar-refractivity contribution in [2.75, 3.05) is 6.54 Å². The Bertz CT molecular complexity index is 441. The van der Waals surface area contributed by atoms with E-state index in [9.17, 15) is 18.7 Å². The molecule has 1 aromatic rings. The fraction of sp³-hybridized carbons (Fsp3) is 0.462. The first-order valence-corrected chi connectivity index (χ1v) is 5.63. The van der Waals surface area contributed by atoms with Crippen LogP contribution in [-0.2, 0) is 4.79 Å². The van der Waals surface area contributed by atoms with E-state index in [1.54, 1.807) is 20.8 Å². The Kier molecular flexibility index (Phi) is 4.40. The lowest BCUT2D eigenvalue weighted by molar-refractivity contribution is -0.128. The minimum absolute atomic E-state index is 0.0405. The molecule has 1 unspecified atom stereocenters. The van der Waals surface area contributed by atoms with Crippen LogP contribution < -0.4 is 5.32 Å². The SMILES string of the molecule is CC(C)(C)C(=O)NCC(O)c1ccc(F)c(F)c1. The van der Waals surface area contributed by atoms with Crippen molar-refractivity contribution in [1.29, 1.82) is 0 Å². The summed E-state index contributed by atoms with van der Waals surface area (Å²) in [5.41, 5.74) is -0.337. The molecule has 0 saturated heterocycles. The highest BCUT2D eigenvalue weighted by molar-refractivity contribution is 5.81. The van der Waals surface area contributed by atoms with Gasteiger partial charge >= 0.3 is 0 Å². The Morgan fingerprint density at radius 1 is 1.33 bits per heavy atom. The molecule has 0 saturated carbocycles. The van der Waals surface area contributed by atoms with Crippen LogP contribution in [0.2, 0.25) is 0 Å². The molecule has 1 rings (SSSR count). The molecule has 0 aliphatic heterocycles. The van der Waals surface area contributed by atoms with Crippen molar-refractivity contribution in [2.24, 2.45) is 5.41 Å². The van der Waals surface area contributed by atoms with Crippen molar-refractivity contribution < 1.29 is 18.7 Å². The summed E-state index contributed by atoms with van der Waals surface area (Å²) < 4.78 is 25.7. The topological polar surface area (TPSA) is 49.3 Å². The fourth-order valence-electron chi connectivity index (χ4n) is 1.29. The Morgan fingerprint density at radius 2 is 1.94 bits per heavy atom. The Hall–Kier alpha value is -1.49. The number of hydrogen-bond acceptors (Lipinski definition) is 2. The monoisotopic (exact) mass is 257 g/mol. The van der Waals surface area contributed by atoms with E-state index in [1.807, 2.05) is 0 Å². The molecule has 0 aromatic heterocycles. The van der Waals surface area contributed by atoms with E-state index in [1.165, 1.54) is 6.07 Å². The zero-order valence-corrected chi connectivity index (χ0v) is 10.6. The highest BCUT2D eigenvalue weighted by atomic mass is 19.2. The van der Waals surface area contributed by atoms with Gasteiger partial charge in [0.15, 0.2) is 11.6 Å². The van der Waals surface area contributed by atoms with Crippen LogP contribution in [0.5, 0.6) is 0 Å². The number of aliphatic hydroxyl groups excluding tert-OH is 1. The van der Waals surface area contributed by atoms with Gasteiger partial charge < -0.3 is 10.4 Å². The van der Waals surface area contributed by atoms with Gasteiger partial charge in [0, 0.05) is 12.0 Å². The number of nitrogens with one attached hydrogen (secondary N) is 1. The van der Waals surface area contributed by atoms with Gasteiger partial charge in [0.25, 0.3) is 0 Å². The molecule has 18 heavy (non-hydrogen) atoms. The smallest absolute Gasteiger partial charge is 0.225 e. The molecule has 0 fully saturated rings. The Labute approximate surface area is 105 Å². The lowest BCUT2D eigenvalue weighted by Gasteiger charge is -2.19. The van der Waals surface area contributed by atoms with Crippen molar-refractivity contribution in [3.8, 4) is 0 Å². The quantitative estimate of drug-likeness (QED) is 0.871. The highest BCUT2D eigenvalue weighted by Gasteiger charge is 2.22. The summed E-state index contributed by atoms with van der Waals surface area (Å²) in [7, 11) is 0. The van der Waals surface area contributed by atoms with E-state index in [-0.39, 0.29) is 18.0 Å². The second-order valence-electron chi connectivity index (χ2n) is 5.15. The molecule has 0 heterocycles. The van der Waals surface area contributed by atoms with Crippen molar-refractivity contribution in [3.05, 3.63) is 35.4 Å². The van der Waals surface area contributed by atoms with Gasteiger partial charge in [-0.3, -0.25) is 4.79 Å². The van der Waals surface area contributed by atoms with Crippen LogP contribution in [0.15, 0.2) is 18.2 Å². The lowest BCUT2D eigenvalue weighted by Crippen LogP contribution is -2.37. The second-order valence-corrected chi connectivity index (χ2v) is 5.15. The van der Waals surface area contributed by atoms with E-state index in [2.05, 4.69) is 5.32 Å². The number of hydrogen-bond donors (Lipinski definition) is 2. The fourth-order valence-corrected chi connectivity index (χ4v) is 1.29. The number of aliphatic hydroxyl groups is 1. The van der Waals surface area contributed by atoms with E-state index in [0.29, 0.717) is 0 Å². The Morgan fingerprint density at radius 3 is 2.44 bits per heavy atom. The molecule has 1 atom stereocenters. The van der Waals surface area contributed by atoms with Gasteiger partial charge in [0.2, 0.25) is 5.91 Å². The number of benzene rings is 1. The van der Waals surface area contributed by atoms with Crippen LogP contribution in [0.25, 0.3) is 0 Å². The van der Waals surface area contributed by atoms with Gasteiger partial charge in [0.05, 0.1) is 6.10 Å². The molecule has 5 heteroatoms. The molecule has 0 aliphatic carbocycles. The minimum Gasteiger partial charge on any atom is -0.387 e. The third-order valence-electron chi connectivity index (χ3n) is 2.47. The van der Waals surface area contributed by atoms with Gasteiger partial charge in [-0.1, -0.05) is 26.8 Å². The van der Waals surface area contributed by atoms with E-state index >= 15 is 0 Å². The van der Waals surface area contributed by atoms with Crippen LogP contribution in [-0.4, -0.2) is 17.6 Å². The van der Waals surface area contributed by atoms with E-state index in [4.69, 9.17) is 0 Å². The standard InChI is InChI=1S/C13H17F2NO2/c1-13(2,3)12(18)16-7-11(17)8-4-5-9(14)10(15)6-8/h4-6,11,17H,7H2,1-3H3,(H,16,18). The number of carbonyl (C=O) groups excluding carboxylic acids is 1. The van der Waals surface area contributed by atoms with Crippen molar-refractivity contribution in [3.63, 3.8) is 0 Å². The van der Waals surface area contributed by atoms with Crippen LogP contribution in [0.3, 0.4) is 0 Å². The maximum Gasteiger partial charge on any atom is 0.225 e. The molecule has 0 spiro atoms. The molecule has 1 aromatic carbocycles. The van der Waals surface area contributed by atoms with Gasteiger partial charge in [-0.05, 0) is 17.7 Å². The van der Waals surface area contributed by atoms with Crippen LogP contribution in [0.4, 0.5) is 8.78 Å². The van der Waals surface area contributed by atoms with Gasteiger partial charge in [-0.25, -0.2) is 8.78 Å². The zero-order chi connectivity index (χ0) is 13.9. The minimum atomic E-state index is -1.06. The molecule has 100 valence electrons. The first kappa shape index (κ1) is 14.6. The molecular weight excluding hydrogens is 240 g/mol.